The van der Waals surface area contributed by atoms with Gasteiger partial charge in [-0.1, -0.05) is 13.8 Å². The molecule has 0 spiro atoms. The second kappa shape index (κ2) is 8.08. The molecule has 1 saturated heterocycles. The van der Waals surface area contributed by atoms with Crippen molar-refractivity contribution in [2.75, 3.05) is 33.2 Å². The van der Waals surface area contributed by atoms with Crippen LogP contribution in [0.3, 0.4) is 0 Å². The van der Waals surface area contributed by atoms with Crippen molar-refractivity contribution in [2.45, 2.75) is 46.0 Å². The minimum absolute atomic E-state index is 0.879. The van der Waals surface area contributed by atoms with Gasteiger partial charge in [0.15, 0.2) is 0 Å². The highest BCUT2D eigenvalue weighted by Crippen LogP contribution is 2.24. The fraction of sp³-hybridized carbons (Fsp3) is 1.00. The lowest BCUT2D eigenvalue weighted by molar-refractivity contribution is 0.267. The normalized spacial score (nSPS) is 23.6. The van der Waals surface area contributed by atoms with Crippen LogP contribution in [0.4, 0.5) is 0 Å². The first-order valence-corrected chi connectivity index (χ1v) is 7.11. The number of hydrogen-bond acceptors (Lipinski definition) is 2. The summed E-state index contributed by atoms with van der Waals surface area (Å²) in [5.41, 5.74) is 0. The van der Waals surface area contributed by atoms with Gasteiger partial charge in [-0.15, -0.1) is 0 Å². The summed E-state index contributed by atoms with van der Waals surface area (Å²) in [6.07, 6.45) is 6.96. The molecule has 0 bridgehead atoms. The molecule has 1 fully saturated rings. The zero-order valence-electron chi connectivity index (χ0n) is 11.5. The smallest absolute Gasteiger partial charge is 0.00160 e. The standard InChI is InChI=1S/C14H30N2/c1-13(2)14-7-6-11-16(12-8-14)10-5-4-9-15-3/h13-15H,4-12H2,1-3H3. The van der Waals surface area contributed by atoms with Gasteiger partial charge in [0.05, 0.1) is 0 Å². The molecule has 1 rings (SSSR count). The summed E-state index contributed by atoms with van der Waals surface area (Å²) in [5.74, 6) is 1.85. The van der Waals surface area contributed by atoms with Gasteiger partial charge in [-0.25, -0.2) is 0 Å². The lowest BCUT2D eigenvalue weighted by atomic mass is 9.89. The molecule has 1 atom stereocenters. The van der Waals surface area contributed by atoms with E-state index in [1.807, 2.05) is 7.05 Å². The minimum atomic E-state index is 0.879. The number of rotatable bonds is 6. The third-order valence-electron chi connectivity index (χ3n) is 3.96. The lowest BCUT2D eigenvalue weighted by Crippen LogP contribution is -2.26. The summed E-state index contributed by atoms with van der Waals surface area (Å²) in [4.78, 5) is 2.68. The van der Waals surface area contributed by atoms with Crippen LogP contribution in [0.25, 0.3) is 0 Å². The average Bonchev–Trinajstić information content (AvgIpc) is 2.50. The highest BCUT2D eigenvalue weighted by molar-refractivity contribution is 4.72. The Hall–Kier alpha value is -0.0800. The maximum atomic E-state index is 3.22. The van der Waals surface area contributed by atoms with Gasteiger partial charge in [0.25, 0.3) is 0 Å². The molecule has 0 radical (unpaired) electrons. The third-order valence-corrected chi connectivity index (χ3v) is 3.96. The van der Waals surface area contributed by atoms with E-state index in [-0.39, 0.29) is 0 Å². The van der Waals surface area contributed by atoms with Crippen LogP contribution in [0.15, 0.2) is 0 Å². The van der Waals surface area contributed by atoms with Gasteiger partial charge in [0.1, 0.15) is 0 Å². The van der Waals surface area contributed by atoms with Gasteiger partial charge in [-0.05, 0) is 77.2 Å². The Morgan fingerprint density at radius 3 is 2.69 bits per heavy atom. The van der Waals surface area contributed by atoms with Crippen LogP contribution >= 0.6 is 0 Å². The molecule has 0 amide bonds. The molecule has 0 aromatic carbocycles. The van der Waals surface area contributed by atoms with Crippen LogP contribution < -0.4 is 5.32 Å². The highest BCUT2D eigenvalue weighted by Gasteiger charge is 2.18. The quantitative estimate of drug-likeness (QED) is 0.701. The van der Waals surface area contributed by atoms with Crippen molar-refractivity contribution < 1.29 is 0 Å². The van der Waals surface area contributed by atoms with Crippen molar-refractivity contribution in [3.05, 3.63) is 0 Å². The molecule has 96 valence electrons. The molecule has 0 aliphatic carbocycles. The molecule has 0 saturated carbocycles. The van der Waals surface area contributed by atoms with E-state index < -0.39 is 0 Å². The van der Waals surface area contributed by atoms with Crippen molar-refractivity contribution in [3.63, 3.8) is 0 Å². The molecule has 2 nitrogen and oxygen atoms in total. The summed E-state index contributed by atoms with van der Waals surface area (Å²) in [5, 5.41) is 3.22. The van der Waals surface area contributed by atoms with Crippen LogP contribution in [0.5, 0.6) is 0 Å². The number of nitrogens with one attached hydrogen (secondary N) is 1. The monoisotopic (exact) mass is 226 g/mol. The van der Waals surface area contributed by atoms with Crippen molar-refractivity contribution in [2.24, 2.45) is 11.8 Å². The van der Waals surface area contributed by atoms with Gasteiger partial charge in [-0.2, -0.15) is 0 Å². The molecule has 2 heteroatoms. The Bertz CT molecular complexity index is 168. The first-order valence-electron chi connectivity index (χ1n) is 7.11. The summed E-state index contributed by atoms with van der Waals surface area (Å²) in [6.45, 7) is 9.92. The Kier molecular flexibility index (Phi) is 7.06. The predicted molar refractivity (Wildman–Crippen MR) is 71.8 cm³/mol. The lowest BCUT2D eigenvalue weighted by Gasteiger charge is -2.21. The van der Waals surface area contributed by atoms with E-state index in [0.29, 0.717) is 0 Å². The molecular formula is C14H30N2. The number of hydrogen-bond donors (Lipinski definition) is 1. The molecule has 16 heavy (non-hydrogen) atoms. The summed E-state index contributed by atoms with van der Waals surface area (Å²) < 4.78 is 0. The maximum absolute atomic E-state index is 3.22. The van der Waals surface area contributed by atoms with Crippen LogP contribution in [0.1, 0.15) is 46.0 Å². The van der Waals surface area contributed by atoms with Gasteiger partial charge in [-0.3, -0.25) is 0 Å². The van der Waals surface area contributed by atoms with Gasteiger partial charge in [0.2, 0.25) is 0 Å². The zero-order valence-corrected chi connectivity index (χ0v) is 11.5. The van der Waals surface area contributed by atoms with Crippen LogP contribution in [-0.4, -0.2) is 38.1 Å². The van der Waals surface area contributed by atoms with Crippen molar-refractivity contribution in [1.29, 1.82) is 0 Å². The zero-order chi connectivity index (χ0) is 11.8. The Balaban J connectivity index is 2.15. The largest absolute Gasteiger partial charge is 0.320 e. The average molecular weight is 226 g/mol. The molecule has 1 unspecified atom stereocenters. The van der Waals surface area contributed by atoms with E-state index in [4.69, 9.17) is 0 Å². The van der Waals surface area contributed by atoms with Crippen molar-refractivity contribution in [1.82, 2.24) is 10.2 Å². The molecule has 1 aliphatic heterocycles. The Morgan fingerprint density at radius 2 is 2.00 bits per heavy atom. The van der Waals surface area contributed by atoms with Gasteiger partial charge in [0, 0.05) is 0 Å². The van der Waals surface area contributed by atoms with E-state index in [1.165, 1.54) is 58.3 Å². The summed E-state index contributed by atoms with van der Waals surface area (Å²) in [7, 11) is 2.04. The SMILES string of the molecule is CNCCCCN1CCCC(C(C)C)CC1. The number of unbranched alkanes of at least 4 members (excludes halogenated alkanes) is 1. The van der Waals surface area contributed by atoms with E-state index >= 15 is 0 Å². The molecular weight excluding hydrogens is 196 g/mol. The molecule has 1 aliphatic rings. The van der Waals surface area contributed by atoms with Crippen LogP contribution in [-0.2, 0) is 0 Å². The molecule has 0 aromatic rings. The highest BCUT2D eigenvalue weighted by atomic mass is 15.1. The maximum Gasteiger partial charge on any atom is -0.00160 e. The summed E-state index contributed by atoms with van der Waals surface area (Å²) >= 11 is 0. The van der Waals surface area contributed by atoms with Gasteiger partial charge >= 0.3 is 0 Å². The number of nitrogens with zero attached hydrogens (tertiary/aromatic N) is 1. The van der Waals surface area contributed by atoms with Crippen molar-refractivity contribution in [3.8, 4) is 0 Å². The molecule has 0 aromatic heterocycles. The fourth-order valence-electron chi connectivity index (χ4n) is 2.71. The topological polar surface area (TPSA) is 15.3 Å². The van der Waals surface area contributed by atoms with Gasteiger partial charge < -0.3 is 10.2 Å². The Morgan fingerprint density at radius 1 is 1.19 bits per heavy atom. The third kappa shape index (κ3) is 5.31. The molecule has 1 N–H and O–H groups in total. The van der Waals surface area contributed by atoms with Crippen molar-refractivity contribution >= 4 is 0 Å². The van der Waals surface area contributed by atoms with E-state index in [0.717, 1.165) is 11.8 Å². The summed E-state index contributed by atoms with van der Waals surface area (Å²) in [6, 6.07) is 0. The number of likely N-dealkylation sites (tertiary alicyclic amines) is 1. The van der Waals surface area contributed by atoms with Crippen LogP contribution in [0, 0.1) is 11.8 Å². The van der Waals surface area contributed by atoms with Crippen LogP contribution in [0.2, 0.25) is 0 Å². The van der Waals surface area contributed by atoms with E-state index in [9.17, 15) is 0 Å². The second-order valence-electron chi connectivity index (χ2n) is 5.59. The second-order valence-corrected chi connectivity index (χ2v) is 5.59. The van der Waals surface area contributed by atoms with E-state index in [2.05, 4.69) is 24.1 Å². The predicted octanol–water partition coefficient (Wildman–Crippen LogP) is 2.74. The Labute approximate surface area is 102 Å². The van der Waals surface area contributed by atoms with E-state index in [1.54, 1.807) is 0 Å². The first-order chi connectivity index (χ1) is 7.74. The first kappa shape index (κ1) is 14.0. The fourth-order valence-corrected chi connectivity index (χ4v) is 2.71. The minimum Gasteiger partial charge on any atom is -0.320 e. The molecule has 1 heterocycles.